The van der Waals surface area contributed by atoms with Gasteiger partial charge in [0.1, 0.15) is 0 Å². The SMILES string of the molecule is CSc1ccc(-c2cc(C)no2)cc1. The number of hydrogen-bond acceptors (Lipinski definition) is 3. The molecule has 0 saturated carbocycles. The summed E-state index contributed by atoms with van der Waals surface area (Å²) in [6.07, 6.45) is 2.06. The summed E-state index contributed by atoms with van der Waals surface area (Å²) >= 11 is 1.73. The van der Waals surface area contributed by atoms with E-state index in [4.69, 9.17) is 4.52 Å². The molecule has 0 atom stereocenters. The van der Waals surface area contributed by atoms with Gasteiger partial charge in [-0.05, 0) is 25.3 Å². The molecule has 1 heterocycles. The van der Waals surface area contributed by atoms with Crippen molar-refractivity contribution in [3.63, 3.8) is 0 Å². The van der Waals surface area contributed by atoms with E-state index in [9.17, 15) is 0 Å². The summed E-state index contributed by atoms with van der Waals surface area (Å²) < 4.78 is 5.17. The van der Waals surface area contributed by atoms with Gasteiger partial charge in [-0.15, -0.1) is 11.8 Å². The quantitative estimate of drug-likeness (QED) is 0.703. The van der Waals surface area contributed by atoms with Gasteiger partial charge in [0.05, 0.1) is 5.69 Å². The highest BCUT2D eigenvalue weighted by Crippen LogP contribution is 2.23. The molecule has 2 nitrogen and oxygen atoms in total. The van der Waals surface area contributed by atoms with Crippen molar-refractivity contribution in [2.45, 2.75) is 11.8 Å². The highest BCUT2D eigenvalue weighted by Gasteiger charge is 2.03. The molecule has 0 amide bonds. The molecule has 0 fully saturated rings. The minimum absolute atomic E-state index is 0.829. The largest absolute Gasteiger partial charge is 0.356 e. The van der Waals surface area contributed by atoms with Crippen molar-refractivity contribution in [2.75, 3.05) is 6.26 Å². The van der Waals surface area contributed by atoms with Gasteiger partial charge in [-0.2, -0.15) is 0 Å². The van der Waals surface area contributed by atoms with Gasteiger partial charge in [0, 0.05) is 16.5 Å². The number of thioether (sulfide) groups is 1. The summed E-state index contributed by atoms with van der Waals surface area (Å²) in [6, 6.07) is 10.2. The zero-order valence-electron chi connectivity index (χ0n) is 8.15. The van der Waals surface area contributed by atoms with Gasteiger partial charge in [0.2, 0.25) is 0 Å². The molecule has 0 aliphatic carbocycles. The second-order valence-corrected chi connectivity index (χ2v) is 3.94. The second-order valence-electron chi connectivity index (χ2n) is 3.06. The topological polar surface area (TPSA) is 26.0 Å². The fourth-order valence-corrected chi connectivity index (χ4v) is 1.66. The maximum absolute atomic E-state index is 5.17. The first kappa shape index (κ1) is 9.34. The van der Waals surface area contributed by atoms with Crippen molar-refractivity contribution in [3.8, 4) is 11.3 Å². The highest BCUT2D eigenvalue weighted by molar-refractivity contribution is 7.98. The van der Waals surface area contributed by atoms with Crippen LogP contribution in [0.25, 0.3) is 11.3 Å². The average Bonchev–Trinajstić information content (AvgIpc) is 2.65. The summed E-state index contributed by atoms with van der Waals surface area (Å²) in [5, 5.41) is 3.86. The Hall–Kier alpha value is -1.22. The lowest BCUT2D eigenvalue weighted by atomic mass is 10.2. The molecule has 14 heavy (non-hydrogen) atoms. The molecule has 2 rings (SSSR count). The Morgan fingerprint density at radius 1 is 1.21 bits per heavy atom. The Bertz CT molecular complexity index is 419. The molecule has 0 aliphatic heterocycles. The second kappa shape index (κ2) is 3.88. The normalized spacial score (nSPS) is 10.4. The van der Waals surface area contributed by atoms with Crippen molar-refractivity contribution in [1.29, 1.82) is 0 Å². The Morgan fingerprint density at radius 2 is 1.93 bits per heavy atom. The van der Waals surface area contributed by atoms with E-state index in [0.29, 0.717) is 0 Å². The Balaban J connectivity index is 2.33. The lowest BCUT2D eigenvalue weighted by molar-refractivity contribution is 0.427. The molecular weight excluding hydrogens is 194 g/mol. The summed E-state index contributed by atoms with van der Waals surface area (Å²) in [6.45, 7) is 1.92. The zero-order valence-corrected chi connectivity index (χ0v) is 8.97. The van der Waals surface area contributed by atoms with Crippen LogP contribution in [0.15, 0.2) is 39.8 Å². The van der Waals surface area contributed by atoms with Gasteiger partial charge in [-0.3, -0.25) is 0 Å². The molecule has 1 aromatic carbocycles. The Kier molecular flexibility index (Phi) is 2.59. The third-order valence-corrected chi connectivity index (χ3v) is 2.75. The van der Waals surface area contributed by atoms with E-state index in [-0.39, 0.29) is 0 Å². The van der Waals surface area contributed by atoms with Crippen LogP contribution < -0.4 is 0 Å². The first-order valence-electron chi connectivity index (χ1n) is 4.37. The van der Waals surface area contributed by atoms with E-state index in [1.165, 1.54) is 4.90 Å². The highest BCUT2D eigenvalue weighted by atomic mass is 32.2. The predicted molar refractivity (Wildman–Crippen MR) is 58.5 cm³/mol. The molecule has 1 aromatic heterocycles. The van der Waals surface area contributed by atoms with Gasteiger partial charge in [-0.1, -0.05) is 17.3 Å². The van der Waals surface area contributed by atoms with Crippen molar-refractivity contribution in [1.82, 2.24) is 5.16 Å². The van der Waals surface area contributed by atoms with Crippen LogP contribution in [-0.4, -0.2) is 11.4 Å². The van der Waals surface area contributed by atoms with E-state index in [0.717, 1.165) is 17.0 Å². The molecule has 2 aromatic rings. The van der Waals surface area contributed by atoms with Crippen LogP contribution in [0.4, 0.5) is 0 Å². The van der Waals surface area contributed by atoms with E-state index < -0.39 is 0 Å². The van der Waals surface area contributed by atoms with Crippen LogP contribution in [0.5, 0.6) is 0 Å². The molecule has 0 saturated heterocycles. The van der Waals surface area contributed by atoms with Crippen LogP contribution in [0, 0.1) is 6.92 Å². The standard InChI is InChI=1S/C11H11NOS/c1-8-7-11(13-12-8)9-3-5-10(14-2)6-4-9/h3-7H,1-2H3. The van der Waals surface area contributed by atoms with E-state index in [1.54, 1.807) is 11.8 Å². The minimum Gasteiger partial charge on any atom is -0.356 e. The number of hydrogen-bond donors (Lipinski definition) is 0. The van der Waals surface area contributed by atoms with Crippen LogP contribution in [-0.2, 0) is 0 Å². The minimum atomic E-state index is 0.829. The monoisotopic (exact) mass is 205 g/mol. The summed E-state index contributed by atoms with van der Waals surface area (Å²) in [7, 11) is 0. The fourth-order valence-electron chi connectivity index (χ4n) is 1.25. The number of aromatic nitrogens is 1. The van der Waals surface area contributed by atoms with Gasteiger partial charge >= 0.3 is 0 Å². The molecule has 0 spiro atoms. The Morgan fingerprint density at radius 3 is 2.43 bits per heavy atom. The van der Waals surface area contributed by atoms with Crippen molar-refractivity contribution in [2.24, 2.45) is 0 Å². The molecule has 0 unspecified atom stereocenters. The number of rotatable bonds is 2. The fraction of sp³-hybridized carbons (Fsp3) is 0.182. The molecule has 3 heteroatoms. The van der Waals surface area contributed by atoms with Crippen molar-refractivity contribution < 1.29 is 4.52 Å². The number of aryl methyl sites for hydroxylation is 1. The summed E-state index contributed by atoms with van der Waals surface area (Å²) in [5.74, 6) is 0.829. The van der Waals surface area contributed by atoms with Gasteiger partial charge in [-0.25, -0.2) is 0 Å². The molecule has 0 bridgehead atoms. The summed E-state index contributed by atoms with van der Waals surface area (Å²) in [5.41, 5.74) is 1.98. The lowest BCUT2D eigenvalue weighted by Crippen LogP contribution is -1.74. The molecule has 72 valence electrons. The zero-order chi connectivity index (χ0) is 9.97. The molecule has 0 N–H and O–H groups in total. The van der Waals surface area contributed by atoms with Gasteiger partial charge in [0.25, 0.3) is 0 Å². The Labute approximate surface area is 87.3 Å². The first-order chi connectivity index (χ1) is 6.79. The lowest BCUT2D eigenvalue weighted by Gasteiger charge is -1.97. The van der Waals surface area contributed by atoms with Crippen LogP contribution >= 0.6 is 11.8 Å². The van der Waals surface area contributed by atoms with E-state index in [2.05, 4.69) is 23.5 Å². The maximum atomic E-state index is 5.17. The van der Waals surface area contributed by atoms with E-state index >= 15 is 0 Å². The predicted octanol–water partition coefficient (Wildman–Crippen LogP) is 3.37. The number of benzene rings is 1. The maximum Gasteiger partial charge on any atom is 0.167 e. The summed E-state index contributed by atoms with van der Waals surface area (Å²) in [4.78, 5) is 1.25. The van der Waals surface area contributed by atoms with E-state index in [1.807, 2.05) is 25.1 Å². The van der Waals surface area contributed by atoms with Crippen LogP contribution in [0.2, 0.25) is 0 Å². The molecule has 0 aliphatic rings. The van der Waals surface area contributed by atoms with Gasteiger partial charge < -0.3 is 4.52 Å². The van der Waals surface area contributed by atoms with Crippen LogP contribution in [0.1, 0.15) is 5.69 Å². The average molecular weight is 205 g/mol. The van der Waals surface area contributed by atoms with Crippen molar-refractivity contribution >= 4 is 11.8 Å². The smallest absolute Gasteiger partial charge is 0.167 e. The van der Waals surface area contributed by atoms with Crippen molar-refractivity contribution in [3.05, 3.63) is 36.0 Å². The third kappa shape index (κ3) is 1.82. The number of nitrogens with zero attached hydrogens (tertiary/aromatic N) is 1. The molecular formula is C11H11NOS. The van der Waals surface area contributed by atoms with Crippen LogP contribution in [0.3, 0.4) is 0 Å². The first-order valence-corrected chi connectivity index (χ1v) is 5.60. The van der Waals surface area contributed by atoms with Gasteiger partial charge in [0.15, 0.2) is 5.76 Å². The third-order valence-electron chi connectivity index (χ3n) is 2.00. The molecule has 0 radical (unpaired) electrons.